The van der Waals surface area contributed by atoms with Gasteiger partial charge < -0.3 is 35.7 Å². The van der Waals surface area contributed by atoms with Gasteiger partial charge in [0.15, 0.2) is 12.0 Å². The lowest BCUT2D eigenvalue weighted by Gasteiger charge is -2.40. The first-order valence-corrected chi connectivity index (χ1v) is 6.44. The standard InChI is InChI=1S/C11H18N4O7/c12-14-9-4(2-16)1-15(11(21)13-9)10-8(20)7(19)6(18)5(3-17)22-10/h1,5-8,10,16-20H,2-3,12H2,(H,13,14,21)/t5-,6-,7+,8-,10?/m1/s1. The highest BCUT2D eigenvalue weighted by atomic mass is 16.6. The van der Waals surface area contributed by atoms with Gasteiger partial charge in [0.05, 0.1) is 13.2 Å². The third kappa shape index (κ3) is 2.83. The zero-order valence-corrected chi connectivity index (χ0v) is 11.4. The van der Waals surface area contributed by atoms with Crippen LogP contribution in [0.2, 0.25) is 0 Å². The molecule has 1 aliphatic rings. The number of nitrogens with two attached hydrogens (primary N) is 1. The van der Waals surface area contributed by atoms with Gasteiger partial charge in [-0.15, -0.1) is 0 Å². The van der Waals surface area contributed by atoms with E-state index < -0.39 is 49.5 Å². The smallest absolute Gasteiger partial charge is 0.351 e. The number of hydrogen-bond acceptors (Lipinski definition) is 10. The lowest BCUT2D eigenvalue weighted by molar-refractivity contribution is -0.252. The first kappa shape index (κ1) is 16.8. The van der Waals surface area contributed by atoms with E-state index in [1.807, 2.05) is 0 Å². The Balaban J connectivity index is 2.44. The Morgan fingerprint density at radius 1 is 1.27 bits per heavy atom. The maximum atomic E-state index is 12.0. The van der Waals surface area contributed by atoms with E-state index in [0.717, 1.165) is 10.8 Å². The molecular formula is C11H18N4O7. The minimum atomic E-state index is -1.64. The van der Waals surface area contributed by atoms with Gasteiger partial charge in [0.1, 0.15) is 24.4 Å². The number of nitrogens with zero attached hydrogens (tertiary/aromatic N) is 2. The van der Waals surface area contributed by atoms with Crippen molar-refractivity contribution in [2.24, 2.45) is 5.84 Å². The first-order chi connectivity index (χ1) is 10.4. The van der Waals surface area contributed by atoms with Gasteiger partial charge in [-0.2, -0.15) is 4.98 Å². The van der Waals surface area contributed by atoms with E-state index in [2.05, 4.69) is 10.4 Å². The zero-order valence-electron chi connectivity index (χ0n) is 11.4. The summed E-state index contributed by atoms with van der Waals surface area (Å²) in [5.74, 6) is 5.13. The van der Waals surface area contributed by atoms with Crippen LogP contribution in [0.4, 0.5) is 5.82 Å². The molecule has 2 rings (SSSR count). The van der Waals surface area contributed by atoms with Crippen LogP contribution < -0.4 is 17.0 Å². The summed E-state index contributed by atoms with van der Waals surface area (Å²) >= 11 is 0. The number of nitrogens with one attached hydrogen (secondary N) is 1. The highest BCUT2D eigenvalue weighted by molar-refractivity contribution is 5.40. The maximum Gasteiger partial charge on any atom is 0.351 e. The Morgan fingerprint density at radius 3 is 2.50 bits per heavy atom. The Bertz CT molecular complexity index is 578. The third-order valence-electron chi connectivity index (χ3n) is 3.48. The molecule has 11 heteroatoms. The van der Waals surface area contributed by atoms with Gasteiger partial charge >= 0.3 is 5.69 Å². The molecule has 1 aliphatic heterocycles. The molecule has 1 aromatic heterocycles. The monoisotopic (exact) mass is 318 g/mol. The molecule has 8 N–H and O–H groups in total. The van der Waals surface area contributed by atoms with Crippen molar-refractivity contribution in [3.05, 3.63) is 22.2 Å². The quantitative estimate of drug-likeness (QED) is 0.213. The van der Waals surface area contributed by atoms with Crippen molar-refractivity contribution in [3.63, 3.8) is 0 Å². The number of ether oxygens (including phenoxy) is 1. The Morgan fingerprint density at radius 2 is 1.95 bits per heavy atom. The number of aromatic nitrogens is 2. The number of rotatable bonds is 4. The molecule has 1 fully saturated rings. The van der Waals surface area contributed by atoms with E-state index in [4.69, 9.17) is 15.7 Å². The summed E-state index contributed by atoms with van der Waals surface area (Å²) in [5, 5.41) is 47.8. The van der Waals surface area contributed by atoms with Crippen LogP contribution in [-0.4, -0.2) is 66.1 Å². The second-order valence-electron chi connectivity index (χ2n) is 4.83. The third-order valence-corrected chi connectivity index (χ3v) is 3.48. The molecule has 0 saturated carbocycles. The summed E-state index contributed by atoms with van der Waals surface area (Å²) in [6.07, 6.45) is -6.22. The van der Waals surface area contributed by atoms with E-state index in [1.54, 1.807) is 0 Å². The molecule has 124 valence electrons. The van der Waals surface area contributed by atoms with Crippen LogP contribution in [0.1, 0.15) is 11.8 Å². The zero-order chi connectivity index (χ0) is 16.4. The fourth-order valence-corrected chi connectivity index (χ4v) is 2.24. The van der Waals surface area contributed by atoms with E-state index in [1.165, 1.54) is 0 Å². The molecular weight excluding hydrogens is 300 g/mol. The molecule has 0 radical (unpaired) electrons. The highest BCUT2D eigenvalue weighted by Crippen LogP contribution is 2.27. The molecule has 0 amide bonds. The predicted molar refractivity (Wildman–Crippen MR) is 71.2 cm³/mol. The Kier molecular flexibility index (Phi) is 5.08. The van der Waals surface area contributed by atoms with Crippen molar-refractivity contribution in [1.29, 1.82) is 0 Å². The van der Waals surface area contributed by atoms with Crippen LogP contribution in [0, 0.1) is 0 Å². The van der Waals surface area contributed by atoms with Gasteiger partial charge in [-0.1, -0.05) is 0 Å². The molecule has 1 saturated heterocycles. The molecule has 22 heavy (non-hydrogen) atoms. The van der Waals surface area contributed by atoms with Crippen LogP contribution in [0.5, 0.6) is 0 Å². The molecule has 0 aromatic carbocycles. The van der Waals surface area contributed by atoms with Crippen molar-refractivity contribution in [2.45, 2.75) is 37.3 Å². The van der Waals surface area contributed by atoms with Gasteiger partial charge in [0.2, 0.25) is 0 Å². The fraction of sp³-hybridized carbons (Fsp3) is 0.636. The number of nitrogen functional groups attached to an aromatic ring is 1. The molecule has 0 spiro atoms. The van der Waals surface area contributed by atoms with Crippen molar-refractivity contribution in [1.82, 2.24) is 9.55 Å². The lowest BCUT2D eigenvalue weighted by atomic mass is 9.98. The van der Waals surface area contributed by atoms with E-state index in [0.29, 0.717) is 0 Å². The van der Waals surface area contributed by atoms with Crippen molar-refractivity contribution >= 4 is 5.82 Å². The predicted octanol–water partition coefficient (Wildman–Crippen LogP) is -4.01. The van der Waals surface area contributed by atoms with Gasteiger partial charge in [0.25, 0.3) is 0 Å². The fourth-order valence-electron chi connectivity index (χ4n) is 2.24. The largest absolute Gasteiger partial charge is 0.394 e. The van der Waals surface area contributed by atoms with Crippen LogP contribution in [-0.2, 0) is 11.3 Å². The molecule has 0 aliphatic carbocycles. The minimum Gasteiger partial charge on any atom is -0.394 e. The molecule has 2 heterocycles. The van der Waals surface area contributed by atoms with Crippen LogP contribution in [0.15, 0.2) is 11.0 Å². The normalized spacial score (nSPS) is 32.0. The molecule has 0 bridgehead atoms. The van der Waals surface area contributed by atoms with Gasteiger partial charge in [-0.3, -0.25) is 4.57 Å². The summed E-state index contributed by atoms with van der Waals surface area (Å²) in [6.45, 7) is -1.12. The first-order valence-electron chi connectivity index (χ1n) is 6.44. The molecule has 1 unspecified atom stereocenters. The number of aliphatic hydroxyl groups excluding tert-OH is 5. The number of hydrogen-bond donors (Lipinski definition) is 7. The van der Waals surface area contributed by atoms with Gasteiger partial charge in [-0.25, -0.2) is 10.6 Å². The van der Waals surface area contributed by atoms with Gasteiger partial charge in [0, 0.05) is 11.8 Å². The maximum absolute atomic E-state index is 12.0. The minimum absolute atomic E-state index is 0.0478. The highest BCUT2D eigenvalue weighted by Gasteiger charge is 2.44. The van der Waals surface area contributed by atoms with Crippen molar-refractivity contribution < 1.29 is 30.3 Å². The van der Waals surface area contributed by atoms with Crippen LogP contribution >= 0.6 is 0 Å². The number of hydrazine groups is 1. The van der Waals surface area contributed by atoms with Crippen LogP contribution in [0.3, 0.4) is 0 Å². The number of anilines is 1. The Hall–Kier alpha value is -1.60. The number of aliphatic hydroxyl groups is 5. The van der Waals surface area contributed by atoms with Crippen LogP contribution in [0.25, 0.3) is 0 Å². The van der Waals surface area contributed by atoms with Crippen molar-refractivity contribution in [2.75, 3.05) is 12.0 Å². The average molecular weight is 318 g/mol. The molecule has 5 atom stereocenters. The second-order valence-corrected chi connectivity index (χ2v) is 4.83. The van der Waals surface area contributed by atoms with E-state index >= 15 is 0 Å². The summed E-state index contributed by atoms with van der Waals surface area (Å²) < 4.78 is 6.09. The van der Waals surface area contributed by atoms with E-state index in [-0.39, 0.29) is 11.4 Å². The van der Waals surface area contributed by atoms with Gasteiger partial charge in [-0.05, 0) is 0 Å². The summed E-state index contributed by atoms with van der Waals surface area (Å²) in [6, 6.07) is 0. The topological polar surface area (TPSA) is 183 Å². The summed E-state index contributed by atoms with van der Waals surface area (Å²) in [4.78, 5) is 15.6. The average Bonchev–Trinajstić information content (AvgIpc) is 2.53. The van der Waals surface area contributed by atoms with Crippen molar-refractivity contribution in [3.8, 4) is 0 Å². The second kappa shape index (κ2) is 6.66. The summed E-state index contributed by atoms with van der Waals surface area (Å²) in [7, 11) is 0. The molecule has 1 aromatic rings. The molecule has 11 nitrogen and oxygen atoms in total. The lowest BCUT2D eigenvalue weighted by Crippen LogP contribution is -2.57. The summed E-state index contributed by atoms with van der Waals surface area (Å²) in [5.41, 5.74) is 1.43. The SMILES string of the molecule is NNc1nc(=O)n(C2O[C@H](CO)[C@@H](O)[C@H](O)[C@H]2O)cc1CO. The Labute approximate surface area is 124 Å². The van der Waals surface area contributed by atoms with E-state index in [9.17, 15) is 25.2 Å².